The smallest absolute Gasteiger partial charge is 0.255 e. The minimum Gasteiger partial charge on any atom is -0.482 e. The number of hydrogen-bond acceptors (Lipinski definition) is 3. The van der Waals surface area contributed by atoms with Gasteiger partial charge in [0.2, 0.25) is 6.41 Å². The van der Waals surface area contributed by atoms with Crippen molar-refractivity contribution in [2.45, 2.75) is 24.9 Å². The first kappa shape index (κ1) is 10.5. The minimum absolute atomic E-state index is 0.108. The molecule has 1 aromatic heterocycles. The van der Waals surface area contributed by atoms with Crippen LogP contribution in [0.15, 0.2) is 12.1 Å². The summed E-state index contributed by atoms with van der Waals surface area (Å²) < 4.78 is 19.0. The van der Waals surface area contributed by atoms with Crippen molar-refractivity contribution in [2.24, 2.45) is 0 Å². The first-order valence-corrected chi connectivity index (χ1v) is 5.78. The number of carbonyl (C=O) groups is 1. The van der Waals surface area contributed by atoms with Crippen LogP contribution < -0.4 is 4.74 Å². The van der Waals surface area contributed by atoms with E-state index in [9.17, 15) is 9.18 Å². The average Bonchev–Trinajstić information content (AvgIpc) is 3.08. The molecule has 4 nitrogen and oxygen atoms in total. The van der Waals surface area contributed by atoms with E-state index < -0.39 is 5.95 Å². The number of nitrogens with zero attached hydrogens (tertiary/aromatic N) is 2. The maximum Gasteiger partial charge on any atom is 0.255 e. The van der Waals surface area contributed by atoms with Gasteiger partial charge in [-0.05, 0) is 25.0 Å². The van der Waals surface area contributed by atoms with Crippen LogP contribution in [0, 0.1) is 5.95 Å². The molecule has 5 heteroatoms. The molecule has 2 fully saturated rings. The third kappa shape index (κ3) is 2.09. The molecule has 17 heavy (non-hydrogen) atoms. The van der Waals surface area contributed by atoms with Crippen molar-refractivity contribution in [2.75, 3.05) is 13.1 Å². The summed E-state index contributed by atoms with van der Waals surface area (Å²) in [6.45, 7) is 1.04. The van der Waals surface area contributed by atoms with Gasteiger partial charge in [-0.1, -0.05) is 0 Å². The molecular weight excluding hydrogens is 223 g/mol. The molecule has 1 aromatic rings. The molecule has 0 radical (unpaired) electrons. The van der Waals surface area contributed by atoms with Gasteiger partial charge in [-0.3, -0.25) is 4.79 Å². The maximum absolute atomic E-state index is 13.6. The minimum atomic E-state index is -0.543. The second-order valence-corrected chi connectivity index (χ2v) is 4.60. The quantitative estimate of drug-likeness (QED) is 0.585. The highest BCUT2D eigenvalue weighted by Crippen LogP contribution is 2.39. The lowest BCUT2D eigenvalue weighted by Gasteiger charge is -2.35. The Morgan fingerprint density at radius 1 is 1.41 bits per heavy atom. The molecule has 1 aliphatic carbocycles. The topological polar surface area (TPSA) is 42.4 Å². The third-order valence-corrected chi connectivity index (χ3v) is 3.15. The lowest BCUT2D eigenvalue weighted by Crippen LogP contribution is -2.52. The lowest BCUT2D eigenvalue weighted by atomic mass is 10.2. The predicted molar refractivity (Wildman–Crippen MR) is 58.2 cm³/mol. The Morgan fingerprint density at radius 2 is 2.18 bits per heavy atom. The standard InChI is InChI=1S/C12H13FN2O2/c13-12-11(17-9-5-15(6-9)7-16)4-3-10(14-12)8-1-2-8/h3-4,7-9H,1-2,5-6H2. The van der Waals surface area contributed by atoms with Crippen LogP contribution in [0.25, 0.3) is 0 Å². The van der Waals surface area contributed by atoms with E-state index >= 15 is 0 Å². The molecule has 90 valence electrons. The molecule has 0 aromatic carbocycles. The van der Waals surface area contributed by atoms with Crippen molar-refractivity contribution in [1.29, 1.82) is 0 Å². The van der Waals surface area contributed by atoms with E-state index in [0.29, 0.717) is 19.0 Å². The van der Waals surface area contributed by atoms with Crippen LogP contribution in [0.5, 0.6) is 5.75 Å². The Bertz CT molecular complexity index is 442. The van der Waals surface area contributed by atoms with Crippen LogP contribution in [-0.4, -0.2) is 35.5 Å². The van der Waals surface area contributed by atoms with Gasteiger partial charge in [-0.25, -0.2) is 4.98 Å². The van der Waals surface area contributed by atoms with Crippen molar-refractivity contribution in [3.05, 3.63) is 23.8 Å². The van der Waals surface area contributed by atoms with Crippen LogP contribution in [0.3, 0.4) is 0 Å². The molecule has 2 aliphatic rings. The summed E-state index contributed by atoms with van der Waals surface area (Å²) in [6.07, 6.45) is 2.86. The molecule has 0 spiro atoms. The van der Waals surface area contributed by atoms with Crippen LogP contribution in [0.4, 0.5) is 4.39 Å². The average molecular weight is 236 g/mol. The molecule has 1 amide bonds. The van der Waals surface area contributed by atoms with Crippen LogP contribution >= 0.6 is 0 Å². The summed E-state index contributed by atoms with van der Waals surface area (Å²) in [5, 5.41) is 0. The van der Waals surface area contributed by atoms with Gasteiger partial charge in [-0.15, -0.1) is 0 Å². The van der Waals surface area contributed by atoms with E-state index in [1.54, 1.807) is 11.0 Å². The van der Waals surface area contributed by atoms with Crippen LogP contribution in [0.1, 0.15) is 24.5 Å². The van der Waals surface area contributed by atoms with E-state index in [2.05, 4.69) is 4.98 Å². The van der Waals surface area contributed by atoms with Gasteiger partial charge < -0.3 is 9.64 Å². The van der Waals surface area contributed by atoms with E-state index in [4.69, 9.17) is 4.74 Å². The van der Waals surface area contributed by atoms with E-state index in [0.717, 1.165) is 24.9 Å². The Morgan fingerprint density at radius 3 is 2.76 bits per heavy atom. The zero-order chi connectivity index (χ0) is 11.8. The molecule has 1 saturated heterocycles. The molecule has 2 heterocycles. The SMILES string of the molecule is O=CN1CC(Oc2ccc(C3CC3)nc2F)C1. The van der Waals surface area contributed by atoms with Crippen molar-refractivity contribution < 1.29 is 13.9 Å². The Kier molecular flexibility index (Phi) is 2.46. The maximum atomic E-state index is 13.6. The van der Waals surface area contributed by atoms with Crippen molar-refractivity contribution in [3.63, 3.8) is 0 Å². The van der Waals surface area contributed by atoms with Gasteiger partial charge in [-0.2, -0.15) is 4.39 Å². The molecule has 0 bridgehead atoms. The molecule has 0 unspecified atom stereocenters. The van der Waals surface area contributed by atoms with E-state index in [1.807, 2.05) is 6.07 Å². The summed E-state index contributed by atoms with van der Waals surface area (Å²) in [5.74, 6) is 0.0803. The van der Waals surface area contributed by atoms with Gasteiger partial charge in [0.05, 0.1) is 13.1 Å². The number of halogens is 1. The second kappa shape index (κ2) is 3.98. The van der Waals surface area contributed by atoms with Crippen molar-refractivity contribution in [3.8, 4) is 5.75 Å². The van der Waals surface area contributed by atoms with E-state index in [1.165, 1.54) is 0 Å². The zero-order valence-electron chi connectivity index (χ0n) is 9.30. The monoisotopic (exact) mass is 236 g/mol. The number of pyridine rings is 1. The Balaban J connectivity index is 1.65. The second-order valence-electron chi connectivity index (χ2n) is 4.60. The number of likely N-dealkylation sites (tertiary alicyclic amines) is 1. The largest absolute Gasteiger partial charge is 0.482 e. The normalized spacial score (nSPS) is 19.9. The highest BCUT2D eigenvalue weighted by atomic mass is 19.1. The first-order chi connectivity index (χ1) is 8.26. The van der Waals surface area contributed by atoms with Gasteiger partial charge in [0.15, 0.2) is 5.75 Å². The fourth-order valence-corrected chi connectivity index (χ4v) is 1.94. The molecule has 1 aliphatic heterocycles. The van der Waals surface area contributed by atoms with Gasteiger partial charge >= 0.3 is 0 Å². The number of ether oxygens (including phenoxy) is 1. The molecule has 0 N–H and O–H groups in total. The number of hydrogen-bond donors (Lipinski definition) is 0. The van der Waals surface area contributed by atoms with Crippen LogP contribution in [-0.2, 0) is 4.79 Å². The Hall–Kier alpha value is -1.65. The molecule has 1 saturated carbocycles. The van der Waals surface area contributed by atoms with E-state index in [-0.39, 0.29) is 11.9 Å². The van der Waals surface area contributed by atoms with Gasteiger partial charge in [0.25, 0.3) is 5.95 Å². The van der Waals surface area contributed by atoms with Crippen molar-refractivity contribution in [1.82, 2.24) is 9.88 Å². The summed E-state index contributed by atoms with van der Waals surface area (Å²) in [5.41, 5.74) is 0.818. The molecule has 3 rings (SSSR count). The fraction of sp³-hybridized carbons (Fsp3) is 0.500. The lowest BCUT2D eigenvalue weighted by molar-refractivity contribution is -0.126. The summed E-state index contributed by atoms with van der Waals surface area (Å²) in [4.78, 5) is 15.9. The number of aromatic nitrogens is 1. The fourth-order valence-electron chi connectivity index (χ4n) is 1.94. The van der Waals surface area contributed by atoms with Gasteiger partial charge in [0.1, 0.15) is 6.10 Å². The van der Waals surface area contributed by atoms with Crippen LogP contribution in [0.2, 0.25) is 0 Å². The third-order valence-electron chi connectivity index (χ3n) is 3.15. The molecule has 0 atom stereocenters. The number of rotatable bonds is 4. The van der Waals surface area contributed by atoms with Crippen molar-refractivity contribution >= 4 is 6.41 Å². The first-order valence-electron chi connectivity index (χ1n) is 5.78. The summed E-state index contributed by atoms with van der Waals surface area (Å²) in [6, 6.07) is 3.46. The molecular formula is C12H13FN2O2. The zero-order valence-corrected chi connectivity index (χ0v) is 9.30. The summed E-state index contributed by atoms with van der Waals surface area (Å²) in [7, 11) is 0. The highest BCUT2D eigenvalue weighted by Gasteiger charge is 2.29. The summed E-state index contributed by atoms with van der Waals surface area (Å²) >= 11 is 0. The number of amides is 1. The number of carbonyl (C=O) groups excluding carboxylic acids is 1. The van der Waals surface area contributed by atoms with Gasteiger partial charge in [0, 0.05) is 11.6 Å². The highest BCUT2D eigenvalue weighted by molar-refractivity contribution is 5.49. The Labute approximate surface area is 98.4 Å². The predicted octanol–water partition coefficient (Wildman–Crippen LogP) is 1.32.